The van der Waals surface area contributed by atoms with Crippen molar-refractivity contribution in [2.75, 3.05) is 13.7 Å². The van der Waals surface area contributed by atoms with Gasteiger partial charge in [-0.25, -0.2) is 9.36 Å². The van der Waals surface area contributed by atoms with Crippen molar-refractivity contribution in [2.24, 2.45) is 0 Å². The van der Waals surface area contributed by atoms with Gasteiger partial charge in [-0.1, -0.05) is 0 Å². The average Bonchev–Trinajstić information content (AvgIpc) is 1.88. The summed E-state index contributed by atoms with van der Waals surface area (Å²) in [7, 11) is -1.49. The van der Waals surface area contributed by atoms with Crippen LogP contribution in [0.1, 0.15) is 6.92 Å². The van der Waals surface area contributed by atoms with Crippen molar-refractivity contribution in [2.45, 2.75) is 6.92 Å². The summed E-state index contributed by atoms with van der Waals surface area (Å²) in [4.78, 5) is 10.3. The predicted octanol–water partition coefficient (Wildman–Crippen LogP) is 1.20. The SMILES string of the molecule is CCOC(=O)O[PH](=O)OC. The molecule has 6 heteroatoms. The summed E-state index contributed by atoms with van der Waals surface area (Å²) in [6.45, 7) is 1.81. The molecule has 0 aliphatic carbocycles. The van der Waals surface area contributed by atoms with Gasteiger partial charge in [0.1, 0.15) is 0 Å². The fourth-order valence-corrected chi connectivity index (χ4v) is 0.535. The van der Waals surface area contributed by atoms with Gasteiger partial charge in [0, 0.05) is 7.11 Å². The number of carbonyl (C=O) groups excluding carboxylic acids is 1. The summed E-state index contributed by atoms with van der Waals surface area (Å²) in [6.07, 6.45) is -0.965. The normalized spacial score (nSPS) is 12.2. The van der Waals surface area contributed by atoms with E-state index < -0.39 is 14.4 Å². The third-order valence-electron chi connectivity index (χ3n) is 0.596. The average molecular weight is 168 g/mol. The van der Waals surface area contributed by atoms with Crippen molar-refractivity contribution in [3.05, 3.63) is 0 Å². The second-order valence-corrected chi connectivity index (χ2v) is 2.35. The molecule has 5 nitrogen and oxygen atoms in total. The molecule has 0 aliphatic heterocycles. The minimum absolute atomic E-state index is 0.192. The first-order chi connectivity index (χ1) is 4.70. The smallest absolute Gasteiger partial charge is 0.434 e. The Labute approximate surface area is 59.2 Å². The van der Waals surface area contributed by atoms with E-state index in [0.717, 1.165) is 0 Å². The summed E-state index contributed by atoms with van der Waals surface area (Å²) in [5, 5.41) is 0. The first-order valence-corrected chi connectivity index (χ1v) is 3.85. The second-order valence-electron chi connectivity index (χ2n) is 1.24. The lowest BCUT2D eigenvalue weighted by Gasteiger charge is -2.00. The molecule has 60 valence electrons. The third kappa shape index (κ3) is 4.35. The summed E-state index contributed by atoms with van der Waals surface area (Å²) < 4.78 is 22.9. The van der Waals surface area contributed by atoms with E-state index in [1.54, 1.807) is 6.92 Å². The highest BCUT2D eigenvalue weighted by atomic mass is 31.1. The quantitative estimate of drug-likeness (QED) is 0.468. The standard InChI is InChI=1S/C4H9O5P/c1-3-8-4(5)9-10(6)7-2/h10H,3H2,1-2H3. The van der Waals surface area contributed by atoms with Crippen molar-refractivity contribution in [1.82, 2.24) is 0 Å². The Morgan fingerprint density at radius 3 is 2.60 bits per heavy atom. The van der Waals surface area contributed by atoms with E-state index in [9.17, 15) is 9.36 Å². The molecule has 0 saturated heterocycles. The van der Waals surface area contributed by atoms with Gasteiger partial charge in [-0.05, 0) is 6.92 Å². The predicted molar refractivity (Wildman–Crippen MR) is 34.1 cm³/mol. The van der Waals surface area contributed by atoms with Gasteiger partial charge in [0.25, 0.3) is 0 Å². The van der Waals surface area contributed by atoms with Crippen LogP contribution in [0.25, 0.3) is 0 Å². The Bertz CT molecular complexity index is 134. The molecule has 0 aliphatic rings. The fourth-order valence-electron chi connectivity index (χ4n) is 0.257. The molecule has 0 bridgehead atoms. The van der Waals surface area contributed by atoms with Gasteiger partial charge >= 0.3 is 14.4 Å². The van der Waals surface area contributed by atoms with E-state index in [4.69, 9.17) is 0 Å². The van der Waals surface area contributed by atoms with E-state index in [1.165, 1.54) is 7.11 Å². The van der Waals surface area contributed by atoms with Crippen LogP contribution in [0.15, 0.2) is 0 Å². The van der Waals surface area contributed by atoms with Crippen LogP contribution in [-0.4, -0.2) is 19.9 Å². The van der Waals surface area contributed by atoms with Crippen LogP contribution >= 0.6 is 8.25 Å². The highest BCUT2D eigenvalue weighted by Gasteiger charge is 2.05. The van der Waals surface area contributed by atoms with Gasteiger partial charge in [-0.3, -0.25) is 0 Å². The zero-order valence-corrected chi connectivity index (χ0v) is 6.75. The molecule has 0 N–H and O–H groups in total. The number of ether oxygens (including phenoxy) is 1. The highest BCUT2D eigenvalue weighted by molar-refractivity contribution is 7.33. The lowest BCUT2D eigenvalue weighted by Crippen LogP contribution is -2.01. The zero-order chi connectivity index (χ0) is 7.98. The molecular formula is C4H9O5P. The summed E-state index contributed by atoms with van der Waals surface area (Å²) in [5.41, 5.74) is 0. The van der Waals surface area contributed by atoms with Crippen LogP contribution in [0.3, 0.4) is 0 Å². The van der Waals surface area contributed by atoms with Crippen molar-refractivity contribution < 1.29 is 23.1 Å². The molecule has 0 aromatic carbocycles. The van der Waals surface area contributed by atoms with Crippen LogP contribution in [-0.2, 0) is 18.3 Å². The van der Waals surface area contributed by atoms with Gasteiger partial charge in [0.2, 0.25) is 0 Å². The van der Waals surface area contributed by atoms with E-state index in [-0.39, 0.29) is 6.61 Å². The first-order valence-electron chi connectivity index (χ1n) is 2.63. The van der Waals surface area contributed by atoms with Crippen molar-refractivity contribution in [3.8, 4) is 0 Å². The maximum atomic E-state index is 10.3. The number of hydrogen-bond acceptors (Lipinski definition) is 5. The van der Waals surface area contributed by atoms with Crippen molar-refractivity contribution in [1.29, 1.82) is 0 Å². The van der Waals surface area contributed by atoms with Gasteiger partial charge in [-0.2, -0.15) is 0 Å². The Morgan fingerprint density at radius 1 is 1.60 bits per heavy atom. The Kier molecular flexibility index (Phi) is 4.98. The molecule has 0 aromatic rings. The largest absolute Gasteiger partial charge is 0.514 e. The molecule has 1 atom stereocenters. The molecular weight excluding hydrogens is 159 g/mol. The van der Waals surface area contributed by atoms with E-state index in [0.29, 0.717) is 0 Å². The maximum absolute atomic E-state index is 10.3. The number of hydrogen-bond donors (Lipinski definition) is 0. The lowest BCUT2D eigenvalue weighted by molar-refractivity contribution is 0.101. The van der Waals surface area contributed by atoms with Crippen molar-refractivity contribution >= 4 is 14.4 Å². The highest BCUT2D eigenvalue weighted by Crippen LogP contribution is 2.21. The van der Waals surface area contributed by atoms with Crippen LogP contribution in [0.4, 0.5) is 4.79 Å². The fraction of sp³-hybridized carbons (Fsp3) is 0.750. The van der Waals surface area contributed by atoms with E-state index in [2.05, 4.69) is 13.8 Å². The van der Waals surface area contributed by atoms with Crippen LogP contribution in [0, 0.1) is 0 Å². The number of carbonyl (C=O) groups is 1. The Hall–Kier alpha value is -0.540. The second kappa shape index (κ2) is 5.26. The molecule has 0 amide bonds. The summed E-state index contributed by atoms with van der Waals surface area (Å²) in [6, 6.07) is 0. The zero-order valence-electron chi connectivity index (χ0n) is 5.75. The van der Waals surface area contributed by atoms with Crippen LogP contribution in [0.5, 0.6) is 0 Å². The van der Waals surface area contributed by atoms with Crippen LogP contribution < -0.4 is 0 Å². The molecule has 0 fully saturated rings. The minimum atomic E-state index is -2.67. The van der Waals surface area contributed by atoms with Gasteiger partial charge in [0.15, 0.2) is 0 Å². The van der Waals surface area contributed by atoms with Crippen molar-refractivity contribution in [3.63, 3.8) is 0 Å². The van der Waals surface area contributed by atoms with E-state index >= 15 is 0 Å². The van der Waals surface area contributed by atoms with Gasteiger partial charge in [0.05, 0.1) is 6.61 Å². The van der Waals surface area contributed by atoms with Gasteiger partial charge in [-0.15, -0.1) is 0 Å². The Balaban J connectivity index is 3.47. The first kappa shape index (κ1) is 9.46. The lowest BCUT2D eigenvalue weighted by atomic mass is 10.9. The monoisotopic (exact) mass is 168 g/mol. The summed E-state index contributed by atoms with van der Waals surface area (Å²) >= 11 is 0. The molecule has 1 unspecified atom stereocenters. The minimum Gasteiger partial charge on any atom is -0.434 e. The van der Waals surface area contributed by atoms with Gasteiger partial charge < -0.3 is 13.8 Å². The maximum Gasteiger partial charge on any atom is 0.514 e. The molecule has 0 spiro atoms. The molecule has 0 heterocycles. The number of rotatable bonds is 3. The molecule has 0 rings (SSSR count). The van der Waals surface area contributed by atoms with E-state index in [1.807, 2.05) is 0 Å². The summed E-state index contributed by atoms with van der Waals surface area (Å²) in [5.74, 6) is 0. The van der Waals surface area contributed by atoms with Crippen LogP contribution in [0.2, 0.25) is 0 Å². The molecule has 0 saturated carbocycles. The topological polar surface area (TPSA) is 61.8 Å². The molecule has 10 heavy (non-hydrogen) atoms. The molecule has 0 radical (unpaired) electrons. The Morgan fingerprint density at radius 2 is 2.20 bits per heavy atom. The molecule has 0 aromatic heterocycles. The third-order valence-corrected chi connectivity index (χ3v) is 1.26.